The molecule has 0 saturated carbocycles. The Kier molecular flexibility index (Phi) is 4.39. The van der Waals surface area contributed by atoms with Crippen molar-refractivity contribution < 1.29 is 23.8 Å². The van der Waals surface area contributed by atoms with Gasteiger partial charge in [0.25, 0.3) is 0 Å². The maximum Gasteiger partial charge on any atom is 0.410 e. The summed E-state index contributed by atoms with van der Waals surface area (Å²) in [6.07, 6.45) is 0.982. The highest BCUT2D eigenvalue weighted by molar-refractivity contribution is 5.98. The van der Waals surface area contributed by atoms with Gasteiger partial charge in [0.05, 0.1) is 0 Å². The molecule has 1 aromatic carbocycles. The van der Waals surface area contributed by atoms with Gasteiger partial charge in [-0.1, -0.05) is 0 Å². The van der Waals surface area contributed by atoms with Crippen LogP contribution in [0.25, 0.3) is 0 Å². The Bertz CT molecular complexity index is 641. The van der Waals surface area contributed by atoms with Crippen molar-refractivity contribution in [3.8, 4) is 11.5 Å². The third kappa shape index (κ3) is 3.63. The molecule has 0 unspecified atom stereocenters. The van der Waals surface area contributed by atoms with E-state index >= 15 is 0 Å². The fraction of sp³-hybridized carbons (Fsp3) is 0.556. The molecular formula is C18H23NO5. The van der Waals surface area contributed by atoms with Gasteiger partial charge in [-0.3, -0.25) is 4.79 Å². The first kappa shape index (κ1) is 16.6. The second-order valence-electron chi connectivity index (χ2n) is 7.17. The van der Waals surface area contributed by atoms with Crippen molar-refractivity contribution in [1.29, 1.82) is 0 Å². The highest BCUT2D eigenvalue weighted by Crippen LogP contribution is 2.34. The zero-order valence-electron chi connectivity index (χ0n) is 14.3. The molecule has 0 radical (unpaired) electrons. The Morgan fingerprint density at radius 1 is 1.12 bits per heavy atom. The molecule has 24 heavy (non-hydrogen) atoms. The first-order valence-electron chi connectivity index (χ1n) is 8.25. The number of amides is 1. The molecule has 1 aromatic rings. The summed E-state index contributed by atoms with van der Waals surface area (Å²) in [6, 6.07) is 5.28. The van der Waals surface area contributed by atoms with Crippen LogP contribution in [-0.2, 0) is 4.74 Å². The van der Waals surface area contributed by atoms with Crippen LogP contribution < -0.4 is 9.47 Å². The second-order valence-corrected chi connectivity index (χ2v) is 7.17. The lowest BCUT2D eigenvalue weighted by Crippen LogP contribution is -2.43. The molecule has 2 aliphatic rings. The number of hydrogen-bond donors (Lipinski definition) is 0. The third-order valence-corrected chi connectivity index (χ3v) is 4.17. The average Bonchev–Trinajstić information content (AvgIpc) is 3.00. The molecule has 0 N–H and O–H groups in total. The van der Waals surface area contributed by atoms with Gasteiger partial charge in [-0.15, -0.1) is 0 Å². The molecule has 1 amide bonds. The van der Waals surface area contributed by atoms with E-state index in [-0.39, 0.29) is 24.6 Å². The van der Waals surface area contributed by atoms with Crippen molar-refractivity contribution >= 4 is 11.9 Å². The zero-order chi connectivity index (χ0) is 17.3. The molecule has 130 valence electrons. The van der Waals surface area contributed by atoms with Crippen LogP contribution in [0.5, 0.6) is 11.5 Å². The Labute approximate surface area is 141 Å². The van der Waals surface area contributed by atoms with Gasteiger partial charge in [0.15, 0.2) is 17.3 Å². The van der Waals surface area contributed by atoms with Crippen molar-refractivity contribution in [3.63, 3.8) is 0 Å². The van der Waals surface area contributed by atoms with Crippen LogP contribution in [0.15, 0.2) is 18.2 Å². The van der Waals surface area contributed by atoms with Gasteiger partial charge in [-0.25, -0.2) is 4.79 Å². The Balaban J connectivity index is 1.58. The number of ether oxygens (including phenoxy) is 3. The second kappa shape index (κ2) is 6.34. The number of piperidine rings is 1. The summed E-state index contributed by atoms with van der Waals surface area (Å²) in [5, 5.41) is 0. The Morgan fingerprint density at radius 3 is 2.46 bits per heavy atom. The number of fused-ring (bicyclic) bond motifs is 1. The molecule has 0 bridgehead atoms. The zero-order valence-corrected chi connectivity index (χ0v) is 14.3. The first-order valence-corrected chi connectivity index (χ1v) is 8.25. The summed E-state index contributed by atoms with van der Waals surface area (Å²) in [4.78, 5) is 26.4. The largest absolute Gasteiger partial charge is 0.454 e. The smallest absolute Gasteiger partial charge is 0.410 e. The summed E-state index contributed by atoms with van der Waals surface area (Å²) >= 11 is 0. The topological polar surface area (TPSA) is 65.1 Å². The van der Waals surface area contributed by atoms with E-state index in [1.54, 1.807) is 23.1 Å². The fourth-order valence-corrected chi connectivity index (χ4v) is 2.94. The van der Waals surface area contributed by atoms with Gasteiger partial charge in [-0.05, 0) is 51.8 Å². The van der Waals surface area contributed by atoms with E-state index < -0.39 is 5.60 Å². The van der Waals surface area contributed by atoms with Crippen LogP contribution >= 0.6 is 0 Å². The maximum atomic E-state index is 12.7. The van der Waals surface area contributed by atoms with Crippen molar-refractivity contribution in [2.24, 2.45) is 5.92 Å². The minimum atomic E-state index is -0.504. The van der Waals surface area contributed by atoms with E-state index in [1.165, 1.54) is 0 Å². The quantitative estimate of drug-likeness (QED) is 0.777. The van der Waals surface area contributed by atoms with Crippen LogP contribution in [0, 0.1) is 5.92 Å². The molecule has 0 aromatic heterocycles. The van der Waals surface area contributed by atoms with Crippen LogP contribution in [-0.4, -0.2) is 42.3 Å². The SMILES string of the molecule is CC(C)(C)OC(=O)N1CCC(C(=O)c2ccc3c(c2)OCO3)CC1. The van der Waals surface area contributed by atoms with E-state index in [0.29, 0.717) is 43.0 Å². The number of benzene rings is 1. The van der Waals surface area contributed by atoms with E-state index in [2.05, 4.69) is 0 Å². The number of likely N-dealkylation sites (tertiary alicyclic amines) is 1. The highest BCUT2D eigenvalue weighted by Gasteiger charge is 2.30. The van der Waals surface area contributed by atoms with Gasteiger partial charge in [0, 0.05) is 24.6 Å². The molecule has 3 rings (SSSR count). The minimum Gasteiger partial charge on any atom is -0.454 e. The first-order chi connectivity index (χ1) is 11.3. The number of rotatable bonds is 2. The minimum absolute atomic E-state index is 0.0796. The van der Waals surface area contributed by atoms with Gasteiger partial charge in [0.1, 0.15) is 5.60 Å². The van der Waals surface area contributed by atoms with Crippen molar-refractivity contribution in [2.75, 3.05) is 19.9 Å². The number of ketones is 1. The van der Waals surface area contributed by atoms with Gasteiger partial charge >= 0.3 is 6.09 Å². The van der Waals surface area contributed by atoms with Gasteiger partial charge in [-0.2, -0.15) is 0 Å². The normalized spacial score (nSPS) is 17.7. The Morgan fingerprint density at radius 2 is 1.79 bits per heavy atom. The number of carbonyl (C=O) groups excluding carboxylic acids is 2. The predicted molar refractivity (Wildman–Crippen MR) is 87.4 cm³/mol. The van der Waals surface area contributed by atoms with Crippen molar-refractivity contribution in [3.05, 3.63) is 23.8 Å². The molecule has 6 nitrogen and oxygen atoms in total. The number of carbonyl (C=O) groups is 2. The van der Waals surface area contributed by atoms with E-state index in [0.717, 1.165) is 0 Å². The lowest BCUT2D eigenvalue weighted by molar-refractivity contribution is 0.0182. The van der Waals surface area contributed by atoms with E-state index in [4.69, 9.17) is 14.2 Å². The molecule has 0 atom stereocenters. The molecule has 0 aliphatic carbocycles. The molecule has 2 aliphatic heterocycles. The summed E-state index contributed by atoms with van der Waals surface area (Å²) in [5.74, 6) is 1.31. The molecule has 1 saturated heterocycles. The van der Waals surface area contributed by atoms with Gasteiger partial charge < -0.3 is 19.1 Å². The van der Waals surface area contributed by atoms with E-state index in [9.17, 15) is 9.59 Å². The van der Waals surface area contributed by atoms with Crippen LogP contribution in [0.4, 0.5) is 4.79 Å². The van der Waals surface area contributed by atoms with Crippen LogP contribution in [0.3, 0.4) is 0 Å². The lowest BCUT2D eigenvalue weighted by Gasteiger charge is -2.33. The summed E-state index contributed by atoms with van der Waals surface area (Å²) in [5.41, 5.74) is 0.130. The Hall–Kier alpha value is -2.24. The fourth-order valence-electron chi connectivity index (χ4n) is 2.94. The molecule has 6 heteroatoms. The lowest BCUT2D eigenvalue weighted by atomic mass is 9.89. The maximum absolute atomic E-state index is 12.7. The van der Waals surface area contributed by atoms with E-state index in [1.807, 2.05) is 20.8 Å². The van der Waals surface area contributed by atoms with Gasteiger partial charge in [0.2, 0.25) is 6.79 Å². The molecule has 0 spiro atoms. The van der Waals surface area contributed by atoms with Crippen molar-refractivity contribution in [1.82, 2.24) is 4.90 Å². The monoisotopic (exact) mass is 333 g/mol. The van der Waals surface area contributed by atoms with Crippen molar-refractivity contribution in [2.45, 2.75) is 39.2 Å². The molecule has 1 fully saturated rings. The van der Waals surface area contributed by atoms with Crippen LogP contribution in [0.2, 0.25) is 0 Å². The highest BCUT2D eigenvalue weighted by atomic mass is 16.7. The summed E-state index contributed by atoms with van der Waals surface area (Å²) in [6.45, 7) is 6.81. The summed E-state index contributed by atoms with van der Waals surface area (Å²) < 4.78 is 16.0. The number of Topliss-reactive ketones (excluding diaryl/α,β-unsaturated/α-hetero) is 1. The predicted octanol–water partition coefficient (Wildman–Crippen LogP) is 3.25. The average molecular weight is 333 g/mol. The van der Waals surface area contributed by atoms with Crippen LogP contribution in [0.1, 0.15) is 44.0 Å². The molecule has 2 heterocycles. The third-order valence-electron chi connectivity index (χ3n) is 4.17. The number of nitrogens with zero attached hydrogens (tertiary/aromatic N) is 1. The summed E-state index contributed by atoms with van der Waals surface area (Å²) in [7, 11) is 0. The molecular weight excluding hydrogens is 310 g/mol. The standard InChI is InChI=1S/C18H23NO5/c1-18(2,3)24-17(21)19-8-6-12(7-9-19)16(20)13-4-5-14-15(10-13)23-11-22-14/h4-5,10,12H,6-9,11H2,1-3H3. The number of hydrogen-bond acceptors (Lipinski definition) is 5.